The van der Waals surface area contributed by atoms with Crippen molar-refractivity contribution in [2.75, 3.05) is 0 Å². The number of hydrogen-bond acceptors (Lipinski definition) is 5. The summed E-state index contributed by atoms with van der Waals surface area (Å²) in [6.45, 7) is 0. The lowest BCUT2D eigenvalue weighted by atomic mass is 10.1. The van der Waals surface area contributed by atoms with Gasteiger partial charge in [0.05, 0.1) is 0 Å². The Bertz CT molecular complexity index is 1080. The van der Waals surface area contributed by atoms with Crippen molar-refractivity contribution in [1.82, 2.24) is 0 Å². The smallest absolute Gasteiger partial charge is 0.300 e. The summed E-state index contributed by atoms with van der Waals surface area (Å²) in [4.78, 5) is -0.543. The third-order valence-corrected chi connectivity index (χ3v) is 8.29. The van der Waals surface area contributed by atoms with Crippen LogP contribution in [-0.2, 0) is 19.3 Å². The summed E-state index contributed by atoms with van der Waals surface area (Å²) in [5.41, 5.74) is 0. The first kappa shape index (κ1) is 14.4. The molecule has 110 valence electrons. The van der Waals surface area contributed by atoms with Crippen LogP contribution in [0.5, 0.6) is 0 Å². The van der Waals surface area contributed by atoms with Crippen molar-refractivity contribution >= 4 is 48.9 Å². The maximum Gasteiger partial charge on any atom is 0.300 e. The molecule has 0 aliphatic carbocycles. The third kappa shape index (κ3) is 2.23. The number of benzene rings is 2. The molecular weight excluding hydrogens is 336 g/mol. The minimum atomic E-state index is -4.81. The summed E-state index contributed by atoms with van der Waals surface area (Å²) in [7, 11) is -11.4. The monoisotopic (exact) mass is 344 g/mol. The van der Waals surface area contributed by atoms with Gasteiger partial charge in [-0.05, 0) is 24.3 Å². The number of thiophene rings is 1. The van der Waals surface area contributed by atoms with Gasteiger partial charge >= 0.3 is 0 Å². The van der Waals surface area contributed by atoms with Gasteiger partial charge in [-0.15, -0.1) is 0 Å². The second-order valence-corrected chi connectivity index (χ2v) is 10.1. The van der Waals surface area contributed by atoms with Crippen molar-refractivity contribution in [3.05, 3.63) is 42.5 Å². The van der Waals surface area contributed by atoms with E-state index in [-0.39, 0.29) is 9.40 Å². The highest BCUT2D eigenvalue weighted by Crippen LogP contribution is 2.47. The van der Waals surface area contributed by atoms with Crippen LogP contribution in [0.25, 0.3) is 20.2 Å². The topological polar surface area (TPSA) is 112 Å². The molecule has 0 aliphatic rings. The first-order valence-electron chi connectivity index (χ1n) is 5.62. The summed E-state index contributed by atoms with van der Waals surface area (Å²) >= 11 is 0. The highest BCUT2D eigenvalue weighted by atomic mass is 33.2. The van der Waals surface area contributed by atoms with E-state index in [1.807, 2.05) is 0 Å². The molecular formula is C12H8O6S3. The summed E-state index contributed by atoms with van der Waals surface area (Å²) in [5.74, 6) is 0. The van der Waals surface area contributed by atoms with E-state index in [1.54, 1.807) is 18.2 Å². The van der Waals surface area contributed by atoms with Crippen LogP contribution in [-0.4, -0.2) is 25.9 Å². The third-order valence-electron chi connectivity index (χ3n) is 3.02. The molecule has 0 spiro atoms. The molecule has 1 N–H and O–H groups in total. The molecule has 1 aromatic heterocycles. The van der Waals surface area contributed by atoms with Crippen molar-refractivity contribution in [2.24, 2.45) is 0 Å². The van der Waals surface area contributed by atoms with E-state index < -0.39 is 33.7 Å². The molecule has 0 radical (unpaired) electrons. The van der Waals surface area contributed by atoms with E-state index in [9.17, 15) is 25.9 Å². The quantitative estimate of drug-likeness (QED) is 0.434. The largest absolute Gasteiger partial charge is 0.703 e. The Balaban J connectivity index is 2.75. The van der Waals surface area contributed by atoms with Crippen molar-refractivity contribution in [3.8, 4) is 0 Å². The van der Waals surface area contributed by atoms with Gasteiger partial charge in [-0.2, -0.15) is 16.8 Å². The molecule has 0 saturated heterocycles. The summed E-state index contributed by atoms with van der Waals surface area (Å²) in [5, 5.41) is 0.823. The lowest BCUT2D eigenvalue weighted by Gasteiger charge is -2.00. The van der Waals surface area contributed by atoms with Gasteiger partial charge in [-0.1, -0.05) is 18.2 Å². The van der Waals surface area contributed by atoms with Crippen molar-refractivity contribution in [3.63, 3.8) is 0 Å². The second-order valence-electron chi connectivity index (χ2n) is 4.28. The molecule has 21 heavy (non-hydrogen) atoms. The van der Waals surface area contributed by atoms with E-state index in [0.717, 1.165) is 6.07 Å². The molecule has 1 unspecified atom stereocenters. The lowest BCUT2D eigenvalue weighted by Crippen LogP contribution is -1.99. The number of fused-ring (bicyclic) bond motifs is 3. The van der Waals surface area contributed by atoms with Crippen LogP contribution in [0.15, 0.2) is 47.4 Å². The Morgan fingerprint density at radius 1 is 0.905 bits per heavy atom. The zero-order valence-corrected chi connectivity index (χ0v) is 12.7. The summed E-state index contributed by atoms with van der Waals surface area (Å²) in [6, 6.07) is 10.3. The zero-order chi connectivity index (χ0) is 15.4. The van der Waals surface area contributed by atoms with E-state index in [0.29, 0.717) is 10.8 Å². The Kier molecular flexibility index (Phi) is 3.08. The SMILES string of the molecule is O=S(=O)(O)c1cccc2c3ccccc3[s+](S(=O)(=O)[O-])c12. The van der Waals surface area contributed by atoms with Crippen LogP contribution >= 0.6 is 9.50 Å². The van der Waals surface area contributed by atoms with Crippen LogP contribution in [0.3, 0.4) is 0 Å². The highest BCUT2D eigenvalue weighted by Gasteiger charge is 2.32. The van der Waals surface area contributed by atoms with Gasteiger partial charge in [0, 0.05) is 10.8 Å². The van der Waals surface area contributed by atoms with Gasteiger partial charge in [0.2, 0.25) is 4.70 Å². The molecule has 6 nitrogen and oxygen atoms in total. The molecule has 0 bridgehead atoms. The standard InChI is InChI=1S/C12H8O6S3/c13-20(14,15)11-7-3-5-9-8-4-1-2-6-10(8)19(12(9)11)21(16,17)18/h1-7H,(H-,13,14,15,16,17,18). The van der Waals surface area contributed by atoms with Gasteiger partial charge in [0.15, 0.2) is 9.60 Å². The van der Waals surface area contributed by atoms with Gasteiger partial charge < -0.3 is 4.55 Å². The minimum absolute atomic E-state index is 0.156. The maximum atomic E-state index is 11.6. The molecule has 3 aromatic rings. The van der Waals surface area contributed by atoms with Crippen LogP contribution in [0.4, 0.5) is 0 Å². The molecule has 9 heteroatoms. The van der Waals surface area contributed by atoms with Crippen LogP contribution in [0.1, 0.15) is 0 Å². The zero-order valence-electron chi connectivity index (χ0n) is 10.3. The Hall–Kier alpha value is -1.52. The molecule has 0 fully saturated rings. The molecule has 0 aliphatic heterocycles. The minimum Gasteiger partial charge on any atom is -0.703 e. The molecule has 1 heterocycles. The van der Waals surface area contributed by atoms with E-state index >= 15 is 0 Å². The normalized spacial score (nSPS) is 13.9. The molecule has 3 rings (SSSR count). The Morgan fingerprint density at radius 3 is 2.14 bits per heavy atom. The van der Waals surface area contributed by atoms with Crippen molar-refractivity contribution in [1.29, 1.82) is 0 Å². The van der Waals surface area contributed by atoms with Gasteiger partial charge in [0.25, 0.3) is 19.3 Å². The predicted molar refractivity (Wildman–Crippen MR) is 78.8 cm³/mol. The van der Waals surface area contributed by atoms with Crippen molar-refractivity contribution < 1.29 is 25.9 Å². The number of hydrogen-bond donors (Lipinski definition) is 1. The fourth-order valence-electron chi connectivity index (χ4n) is 2.30. The van der Waals surface area contributed by atoms with Gasteiger partial charge in [-0.25, -0.2) is 0 Å². The first-order chi connectivity index (χ1) is 9.71. The van der Waals surface area contributed by atoms with E-state index in [4.69, 9.17) is 0 Å². The van der Waals surface area contributed by atoms with Crippen molar-refractivity contribution in [2.45, 2.75) is 4.90 Å². The lowest BCUT2D eigenvalue weighted by molar-refractivity contribution is 0.481. The molecule has 1 atom stereocenters. The van der Waals surface area contributed by atoms with Gasteiger partial charge in [0.1, 0.15) is 9.50 Å². The average molecular weight is 344 g/mol. The Labute approximate surface area is 122 Å². The number of rotatable bonds is 2. The van der Waals surface area contributed by atoms with Crippen LogP contribution < -0.4 is 0 Å². The Morgan fingerprint density at radius 2 is 1.52 bits per heavy atom. The maximum absolute atomic E-state index is 11.6. The molecule has 0 saturated carbocycles. The fourth-order valence-corrected chi connectivity index (χ4v) is 7.71. The molecule has 2 aromatic carbocycles. The summed E-state index contributed by atoms with van der Waals surface area (Å²) in [6.07, 6.45) is 0. The average Bonchev–Trinajstić information content (AvgIpc) is 2.71. The van der Waals surface area contributed by atoms with Crippen LogP contribution in [0, 0.1) is 0 Å². The van der Waals surface area contributed by atoms with Gasteiger partial charge in [-0.3, -0.25) is 4.55 Å². The second kappa shape index (κ2) is 4.49. The van der Waals surface area contributed by atoms with Crippen LogP contribution in [0.2, 0.25) is 0 Å². The van der Waals surface area contributed by atoms with E-state index in [2.05, 4.69) is 0 Å². The van der Waals surface area contributed by atoms with E-state index in [1.165, 1.54) is 18.2 Å². The fraction of sp³-hybridized carbons (Fsp3) is 0. The highest BCUT2D eigenvalue weighted by molar-refractivity contribution is 8.38. The summed E-state index contributed by atoms with van der Waals surface area (Å²) < 4.78 is 67.2. The first-order valence-corrected chi connectivity index (χ1v) is 10.2. The molecule has 0 amide bonds. The predicted octanol–water partition coefficient (Wildman–Crippen LogP) is 2.30.